The molecule has 4 nitrogen and oxygen atoms in total. The van der Waals surface area contributed by atoms with Crippen LogP contribution in [-0.2, 0) is 4.74 Å². The average Bonchev–Trinajstić information content (AvgIpc) is 2.48. The van der Waals surface area contributed by atoms with E-state index in [1.54, 1.807) is 20.0 Å². The van der Waals surface area contributed by atoms with E-state index in [2.05, 4.69) is 0 Å². The molecular weight excluding hydrogens is 182 g/mol. The Morgan fingerprint density at radius 2 is 2.07 bits per heavy atom. The first-order valence-corrected chi connectivity index (χ1v) is 4.43. The summed E-state index contributed by atoms with van der Waals surface area (Å²) in [4.78, 5) is 22.4. The molecule has 4 heteroatoms. The number of aromatic nitrogens is 1. The van der Waals surface area contributed by atoms with Gasteiger partial charge in [-0.2, -0.15) is 0 Å². The quantitative estimate of drug-likeness (QED) is 0.674. The van der Waals surface area contributed by atoms with Gasteiger partial charge in [-0.3, -0.25) is 9.36 Å². The Hall–Kier alpha value is -1.58. The Labute approximate surface area is 82.5 Å². The molecule has 0 saturated carbocycles. The molecule has 0 aliphatic rings. The van der Waals surface area contributed by atoms with Crippen molar-refractivity contribution in [2.75, 3.05) is 6.61 Å². The van der Waals surface area contributed by atoms with Gasteiger partial charge in [0.1, 0.15) is 0 Å². The first kappa shape index (κ1) is 10.5. The van der Waals surface area contributed by atoms with Gasteiger partial charge in [-0.1, -0.05) is 0 Å². The van der Waals surface area contributed by atoms with E-state index in [9.17, 15) is 9.59 Å². The van der Waals surface area contributed by atoms with Gasteiger partial charge in [-0.15, -0.1) is 0 Å². The van der Waals surface area contributed by atoms with Crippen LogP contribution in [0.1, 0.15) is 34.6 Å². The SMILES string of the molecule is CCOC(=O)c1cn(C(C)=O)cc1C. The summed E-state index contributed by atoms with van der Waals surface area (Å²) in [6.45, 7) is 5.29. The van der Waals surface area contributed by atoms with Crippen LogP contribution in [0.15, 0.2) is 12.4 Å². The van der Waals surface area contributed by atoms with Gasteiger partial charge in [0.25, 0.3) is 0 Å². The van der Waals surface area contributed by atoms with Crippen molar-refractivity contribution in [2.24, 2.45) is 0 Å². The molecule has 0 saturated heterocycles. The topological polar surface area (TPSA) is 48.3 Å². The molecule has 0 N–H and O–H groups in total. The number of nitrogens with zero attached hydrogens (tertiary/aromatic N) is 1. The summed E-state index contributed by atoms with van der Waals surface area (Å²) < 4.78 is 6.21. The van der Waals surface area contributed by atoms with Crippen LogP contribution >= 0.6 is 0 Å². The molecule has 0 bridgehead atoms. The smallest absolute Gasteiger partial charge is 0.339 e. The molecule has 0 spiro atoms. The van der Waals surface area contributed by atoms with Crippen LogP contribution in [0, 0.1) is 6.92 Å². The Balaban J connectivity index is 2.98. The monoisotopic (exact) mass is 195 g/mol. The van der Waals surface area contributed by atoms with E-state index in [1.165, 1.54) is 17.7 Å². The van der Waals surface area contributed by atoms with Gasteiger partial charge in [-0.25, -0.2) is 4.79 Å². The van der Waals surface area contributed by atoms with Crippen LogP contribution in [-0.4, -0.2) is 23.1 Å². The molecule has 0 fully saturated rings. The van der Waals surface area contributed by atoms with Gasteiger partial charge in [0, 0.05) is 19.3 Å². The van der Waals surface area contributed by atoms with Crippen LogP contribution in [0.25, 0.3) is 0 Å². The lowest BCUT2D eigenvalue weighted by atomic mass is 10.2. The standard InChI is InChI=1S/C10H13NO3/c1-4-14-10(13)9-6-11(8(3)12)5-7(9)2/h5-6H,4H2,1-3H3. The van der Waals surface area contributed by atoms with Crippen LogP contribution in [0.2, 0.25) is 0 Å². The molecule has 1 rings (SSSR count). The lowest BCUT2D eigenvalue weighted by Gasteiger charge is -1.98. The highest BCUT2D eigenvalue weighted by molar-refractivity contribution is 5.92. The lowest BCUT2D eigenvalue weighted by molar-refractivity contribution is 0.0526. The van der Waals surface area contributed by atoms with Gasteiger partial charge in [0.2, 0.25) is 5.91 Å². The molecule has 14 heavy (non-hydrogen) atoms. The maximum absolute atomic E-state index is 11.4. The number of hydrogen-bond acceptors (Lipinski definition) is 3. The molecule has 0 unspecified atom stereocenters. The summed E-state index contributed by atoms with van der Waals surface area (Å²) in [7, 11) is 0. The van der Waals surface area contributed by atoms with Crippen molar-refractivity contribution >= 4 is 11.9 Å². The van der Waals surface area contributed by atoms with Gasteiger partial charge in [0.15, 0.2) is 0 Å². The van der Waals surface area contributed by atoms with E-state index in [4.69, 9.17) is 4.74 Å². The van der Waals surface area contributed by atoms with Gasteiger partial charge in [-0.05, 0) is 19.4 Å². The highest BCUT2D eigenvalue weighted by Crippen LogP contribution is 2.10. The van der Waals surface area contributed by atoms with Crippen molar-refractivity contribution in [3.05, 3.63) is 23.5 Å². The van der Waals surface area contributed by atoms with E-state index in [0.29, 0.717) is 12.2 Å². The van der Waals surface area contributed by atoms with E-state index >= 15 is 0 Å². The van der Waals surface area contributed by atoms with E-state index in [0.717, 1.165) is 5.56 Å². The van der Waals surface area contributed by atoms with E-state index < -0.39 is 0 Å². The highest BCUT2D eigenvalue weighted by atomic mass is 16.5. The van der Waals surface area contributed by atoms with Crippen molar-refractivity contribution in [3.8, 4) is 0 Å². The fourth-order valence-corrected chi connectivity index (χ4v) is 1.16. The summed E-state index contributed by atoms with van der Waals surface area (Å²) in [6.07, 6.45) is 3.12. The molecule has 1 heterocycles. The summed E-state index contributed by atoms with van der Waals surface area (Å²) in [6, 6.07) is 0. The molecule has 76 valence electrons. The van der Waals surface area contributed by atoms with E-state index in [-0.39, 0.29) is 11.9 Å². The number of aryl methyl sites for hydroxylation is 1. The van der Waals surface area contributed by atoms with Gasteiger partial charge < -0.3 is 4.74 Å². The Morgan fingerprint density at radius 1 is 1.43 bits per heavy atom. The van der Waals surface area contributed by atoms with Crippen molar-refractivity contribution in [2.45, 2.75) is 20.8 Å². The zero-order valence-corrected chi connectivity index (χ0v) is 8.53. The molecule has 0 aliphatic carbocycles. The van der Waals surface area contributed by atoms with Gasteiger partial charge in [0.05, 0.1) is 12.2 Å². The number of ether oxygens (including phenoxy) is 1. The van der Waals surface area contributed by atoms with Gasteiger partial charge >= 0.3 is 5.97 Å². The first-order valence-electron chi connectivity index (χ1n) is 4.43. The van der Waals surface area contributed by atoms with Crippen molar-refractivity contribution < 1.29 is 14.3 Å². The zero-order valence-electron chi connectivity index (χ0n) is 8.53. The molecule has 1 aromatic heterocycles. The second kappa shape index (κ2) is 4.09. The third-order valence-electron chi connectivity index (χ3n) is 1.88. The molecule has 0 radical (unpaired) electrons. The highest BCUT2D eigenvalue weighted by Gasteiger charge is 2.13. The Morgan fingerprint density at radius 3 is 2.50 bits per heavy atom. The minimum absolute atomic E-state index is 0.122. The normalized spacial score (nSPS) is 9.93. The van der Waals surface area contributed by atoms with Crippen LogP contribution in [0.3, 0.4) is 0 Å². The third-order valence-corrected chi connectivity index (χ3v) is 1.88. The second-order valence-electron chi connectivity index (χ2n) is 3.00. The molecule has 0 aromatic carbocycles. The number of carbonyl (C=O) groups excluding carboxylic acids is 2. The lowest BCUT2D eigenvalue weighted by Crippen LogP contribution is -2.05. The van der Waals surface area contributed by atoms with Crippen LogP contribution < -0.4 is 0 Å². The molecule has 0 atom stereocenters. The maximum atomic E-state index is 11.4. The predicted molar refractivity (Wildman–Crippen MR) is 51.4 cm³/mol. The third kappa shape index (κ3) is 2.02. The van der Waals surface area contributed by atoms with E-state index in [1.807, 2.05) is 0 Å². The summed E-state index contributed by atoms with van der Waals surface area (Å²) in [5.74, 6) is -0.506. The second-order valence-corrected chi connectivity index (χ2v) is 3.00. The molecule has 0 aliphatic heterocycles. The van der Waals surface area contributed by atoms with Crippen LogP contribution in [0.4, 0.5) is 0 Å². The molecule has 1 aromatic rings. The summed E-state index contributed by atoms with van der Waals surface area (Å²) in [5.41, 5.74) is 1.20. The maximum Gasteiger partial charge on any atom is 0.339 e. The predicted octanol–water partition coefficient (Wildman–Crippen LogP) is 1.63. The minimum atomic E-state index is -0.384. The van der Waals surface area contributed by atoms with Crippen molar-refractivity contribution in [1.29, 1.82) is 0 Å². The number of esters is 1. The minimum Gasteiger partial charge on any atom is -0.462 e. The van der Waals surface area contributed by atoms with Crippen LogP contribution in [0.5, 0.6) is 0 Å². The first-order chi connectivity index (χ1) is 6.56. The molecule has 0 amide bonds. The number of hydrogen-bond donors (Lipinski definition) is 0. The summed E-state index contributed by atoms with van der Waals surface area (Å²) >= 11 is 0. The fourth-order valence-electron chi connectivity index (χ4n) is 1.16. The Bertz CT molecular complexity index is 365. The van der Waals surface area contributed by atoms with Crippen molar-refractivity contribution in [3.63, 3.8) is 0 Å². The average molecular weight is 195 g/mol. The number of carbonyl (C=O) groups is 2. The number of rotatable bonds is 2. The molecular formula is C10H13NO3. The Kier molecular flexibility index (Phi) is 3.06. The van der Waals surface area contributed by atoms with Crippen molar-refractivity contribution in [1.82, 2.24) is 4.57 Å². The largest absolute Gasteiger partial charge is 0.462 e. The summed E-state index contributed by atoms with van der Waals surface area (Å²) in [5, 5.41) is 0. The zero-order chi connectivity index (χ0) is 10.7. The fraction of sp³-hybridized carbons (Fsp3) is 0.400.